The minimum absolute atomic E-state index is 0.0133. The zero-order valence-corrected chi connectivity index (χ0v) is 11.8. The Morgan fingerprint density at radius 1 is 1.53 bits per heavy atom. The molecule has 2 heterocycles. The van der Waals surface area contributed by atoms with Gasteiger partial charge in [-0.3, -0.25) is 9.59 Å². The first-order valence-corrected chi connectivity index (χ1v) is 6.52. The van der Waals surface area contributed by atoms with Gasteiger partial charge >= 0.3 is 0 Å². The Labute approximate surface area is 113 Å². The van der Waals surface area contributed by atoms with E-state index in [9.17, 15) is 9.59 Å². The monoisotopic (exact) mass is 264 g/mol. The van der Waals surface area contributed by atoms with E-state index in [1.54, 1.807) is 11.9 Å². The minimum atomic E-state index is -0.381. The molecule has 1 N–H and O–H groups in total. The lowest BCUT2D eigenvalue weighted by Crippen LogP contribution is -2.42. The van der Waals surface area contributed by atoms with Crippen molar-refractivity contribution in [2.24, 2.45) is 0 Å². The molecule has 0 spiro atoms. The van der Waals surface area contributed by atoms with Gasteiger partial charge in [0.05, 0.1) is 5.92 Å². The number of likely N-dealkylation sites (tertiary alicyclic amines) is 1. The number of likely N-dealkylation sites (N-methyl/N-ethyl adjacent to an activating group) is 1. The zero-order chi connectivity index (χ0) is 14.2. The number of amides is 2. The highest BCUT2D eigenvalue weighted by atomic mass is 16.3. The van der Waals surface area contributed by atoms with Gasteiger partial charge in [0, 0.05) is 19.2 Å². The lowest BCUT2D eigenvalue weighted by Gasteiger charge is -2.16. The largest absolute Gasteiger partial charge is 0.466 e. The number of aryl methyl sites for hydroxylation is 2. The first kappa shape index (κ1) is 13.6. The summed E-state index contributed by atoms with van der Waals surface area (Å²) in [7, 11) is 1.75. The summed E-state index contributed by atoms with van der Waals surface area (Å²) in [5, 5.41) is 2.82. The second kappa shape index (κ2) is 5.07. The Morgan fingerprint density at radius 2 is 2.21 bits per heavy atom. The first-order chi connectivity index (χ1) is 8.90. The van der Waals surface area contributed by atoms with Crippen molar-refractivity contribution >= 4 is 11.8 Å². The van der Waals surface area contributed by atoms with E-state index in [2.05, 4.69) is 5.32 Å². The number of carbonyl (C=O) groups excluding carboxylic acids is 2. The maximum atomic E-state index is 12.2. The van der Waals surface area contributed by atoms with Gasteiger partial charge < -0.3 is 14.6 Å². The number of nitrogens with one attached hydrogen (secondary N) is 1. The quantitative estimate of drug-likeness (QED) is 0.896. The number of hydrogen-bond acceptors (Lipinski definition) is 3. The van der Waals surface area contributed by atoms with E-state index in [-0.39, 0.29) is 23.8 Å². The van der Waals surface area contributed by atoms with Crippen LogP contribution in [0.15, 0.2) is 10.5 Å². The molecule has 1 aromatic heterocycles. The molecule has 1 aliphatic rings. The van der Waals surface area contributed by atoms with E-state index in [0.29, 0.717) is 13.0 Å². The topological polar surface area (TPSA) is 62.6 Å². The van der Waals surface area contributed by atoms with Crippen molar-refractivity contribution in [3.05, 3.63) is 23.2 Å². The number of hydrogen-bond donors (Lipinski definition) is 1. The molecule has 104 valence electrons. The van der Waals surface area contributed by atoms with Gasteiger partial charge in [0.2, 0.25) is 11.8 Å². The van der Waals surface area contributed by atoms with E-state index in [1.165, 1.54) is 0 Å². The van der Waals surface area contributed by atoms with E-state index in [0.717, 1.165) is 17.1 Å². The van der Waals surface area contributed by atoms with Crippen molar-refractivity contribution in [1.29, 1.82) is 0 Å². The predicted octanol–water partition coefficient (Wildman–Crippen LogP) is 1.35. The summed E-state index contributed by atoms with van der Waals surface area (Å²) in [6.45, 7) is 6.23. The molecule has 0 aliphatic carbocycles. The Kier molecular flexibility index (Phi) is 3.64. The molecule has 2 amide bonds. The van der Waals surface area contributed by atoms with Crippen molar-refractivity contribution < 1.29 is 14.0 Å². The Morgan fingerprint density at radius 3 is 2.68 bits per heavy atom. The third-order valence-corrected chi connectivity index (χ3v) is 3.68. The van der Waals surface area contributed by atoms with Crippen molar-refractivity contribution in [3.8, 4) is 0 Å². The summed E-state index contributed by atoms with van der Waals surface area (Å²) in [4.78, 5) is 25.6. The molecule has 1 saturated heterocycles. The van der Waals surface area contributed by atoms with Gasteiger partial charge in [0.1, 0.15) is 17.6 Å². The molecule has 0 unspecified atom stereocenters. The minimum Gasteiger partial charge on any atom is -0.466 e. The summed E-state index contributed by atoms with van der Waals surface area (Å²) < 4.78 is 5.44. The fourth-order valence-electron chi connectivity index (χ4n) is 2.47. The molecule has 1 aliphatic heterocycles. The summed E-state index contributed by atoms with van der Waals surface area (Å²) in [6.07, 6.45) is 0.678. The Bertz CT molecular complexity index is 507. The SMILES string of the molecule is Cc1cc([C@@H](C)C(=O)N[C@@H]2CCN(C)C2=O)c(C)o1. The molecule has 0 bridgehead atoms. The van der Waals surface area contributed by atoms with Crippen LogP contribution in [0.4, 0.5) is 0 Å². The average Bonchev–Trinajstić information content (AvgIpc) is 2.84. The summed E-state index contributed by atoms with van der Waals surface area (Å²) in [6, 6.07) is 1.50. The van der Waals surface area contributed by atoms with Gasteiger partial charge in [-0.2, -0.15) is 0 Å². The van der Waals surface area contributed by atoms with E-state index in [4.69, 9.17) is 4.42 Å². The molecule has 1 aromatic rings. The summed E-state index contributed by atoms with van der Waals surface area (Å²) in [5.41, 5.74) is 0.883. The molecular weight excluding hydrogens is 244 g/mol. The maximum Gasteiger partial charge on any atom is 0.244 e. The molecular formula is C14H20N2O3. The van der Waals surface area contributed by atoms with Crippen LogP contribution in [0.1, 0.15) is 36.3 Å². The average molecular weight is 264 g/mol. The van der Waals surface area contributed by atoms with Gasteiger partial charge in [-0.05, 0) is 33.3 Å². The van der Waals surface area contributed by atoms with E-state index in [1.807, 2.05) is 26.8 Å². The molecule has 2 rings (SSSR count). The molecule has 0 radical (unpaired) electrons. The molecule has 0 saturated carbocycles. The highest BCUT2D eigenvalue weighted by molar-refractivity contribution is 5.91. The fraction of sp³-hybridized carbons (Fsp3) is 0.571. The molecule has 1 fully saturated rings. The third kappa shape index (κ3) is 2.64. The second-order valence-electron chi connectivity index (χ2n) is 5.20. The Hall–Kier alpha value is -1.78. The van der Waals surface area contributed by atoms with Crippen molar-refractivity contribution in [1.82, 2.24) is 10.2 Å². The highest BCUT2D eigenvalue weighted by Crippen LogP contribution is 2.23. The van der Waals surface area contributed by atoms with Gasteiger partial charge in [0.15, 0.2) is 0 Å². The molecule has 19 heavy (non-hydrogen) atoms. The van der Waals surface area contributed by atoms with Crippen molar-refractivity contribution in [2.75, 3.05) is 13.6 Å². The van der Waals surface area contributed by atoms with Crippen molar-refractivity contribution in [2.45, 2.75) is 39.2 Å². The smallest absolute Gasteiger partial charge is 0.244 e. The molecule has 0 aromatic carbocycles. The van der Waals surface area contributed by atoms with Crippen LogP contribution in [-0.2, 0) is 9.59 Å². The van der Waals surface area contributed by atoms with Crippen LogP contribution in [0.25, 0.3) is 0 Å². The normalized spacial score (nSPS) is 20.7. The standard InChI is InChI=1S/C14H20N2O3/c1-8-7-11(10(3)19-8)9(2)13(17)15-12-5-6-16(4)14(12)18/h7,9,12H,5-6H2,1-4H3,(H,15,17)/t9-,12-/m1/s1. The summed E-state index contributed by atoms with van der Waals surface area (Å²) in [5.74, 6) is 1.10. The predicted molar refractivity (Wildman–Crippen MR) is 70.8 cm³/mol. The lowest BCUT2D eigenvalue weighted by molar-refractivity contribution is -0.132. The summed E-state index contributed by atoms with van der Waals surface area (Å²) >= 11 is 0. The number of carbonyl (C=O) groups is 2. The first-order valence-electron chi connectivity index (χ1n) is 6.52. The molecule has 5 heteroatoms. The molecule has 2 atom stereocenters. The van der Waals surface area contributed by atoms with Gasteiger partial charge in [0.25, 0.3) is 0 Å². The van der Waals surface area contributed by atoms with Crippen LogP contribution in [0.3, 0.4) is 0 Å². The van der Waals surface area contributed by atoms with Gasteiger partial charge in [-0.25, -0.2) is 0 Å². The van der Waals surface area contributed by atoms with Gasteiger partial charge in [-0.1, -0.05) is 0 Å². The Balaban J connectivity index is 2.04. The van der Waals surface area contributed by atoms with Crippen LogP contribution in [0, 0.1) is 13.8 Å². The maximum absolute atomic E-state index is 12.2. The lowest BCUT2D eigenvalue weighted by atomic mass is 10.0. The van der Waals surface area contributed by atoms with Crippen LogP contribution < -0.4 is 5.32 Å². The van der Waals surface area contributed by atoms with Crippen LogP contribution in [0.5, 0.6) is 0 Å². The van der Waals surface area contributed by atoms with E-state index >= 15 is 0 Å². The van der Waals surface area contributed by atoms with Crippen LogP contribution in [0.2, 0.25) is 0 Å². The van der Waals surface area contributed by atoms with Crippen molar-refractivity contribution in [3.63, 3.8) is 0 Å². The second-order valence-corrected chi connectivity index (χ2v) is 5.20. The van der Waals surface area contributed by atoms with E-state index < -0.39 is 0 Å². The fourth-order valence-corrected chi connectivity index (χ4v) is 2.47. The third-order valence-electron chi connectivity index (χ3n) is 3.68. The van der Waals surface area contributed by atoms with Crippen LogP contribution in [-0.4, -0.2) is 36.3 Å². The number of nitrogens with zero attached hydrogens (tertiary/aromatic N) is 1. The number of rotatable bonds is 3. The zero-order valence-electron chi connectivity index (χ0n) is 11.8. The van der Waals surface area contributed by atoms with Gasteiger partial charge in [-0.15, -0.1) is 0 Å². The van der Waals surface area contributed by atoms with Crippen LogP contribution >= 0.6 is 0 Å². The molecule has 5 nitrogen and oxygen atoms in total. The highest BCUT2D eigenvalue weighted by Gasteiger charge is 2.32. The number of furan rings is 1.